The summed E-state index contributed by atoms with van der Waals surface area (Å²) in [6, 6.07) is 52.5. The van der Waals surface area contributed by atoms with Crippen molar-refractivity contribution >= 4 is 87.4 Å². The van der Waals surface area contributed by atoms with Gasteiger partial charge in [-0.1, -0.05) is 115 Å². The van der Waals surface area contributed by atoms with Gasteiger partial charge in [-0.25, -0.2) is 15.0 Å². The van der Waals surface area contributed by atoms with Gasteiger partial charge in [-0.2, -0.15) is 4.98 Å². The van der Waals surface area contributed by atoms with Gasteiger partial charge < -0.3 is 4.42 Å². The highest BCUT2D eigenvalue weighted by Gasteiger charge is 2.24. The van der Waals surface area contributed by atoms with Crippen molar-refractivity contribution in [1.82, 2.24) is 29.1 Å². The summed E-state index contributed by atoms with van der Waals surface area (Å²) < 4.78 is 10.9. The molecule has 0 spiro atoms. The number of benzene rings is 7. The van der Waals surface area contributed by atoms with Gasteiger partial charge in [0.2, 0.25) is 17.6 Å². The van der Waals surface area contributed by atoms with Crippen molar-refractivity contribution in [2.24, 2.45) is 0 Å². The SMILES string of the molecule is c1ccc2nc(-n3c4ccccc4c4cc5c(cc43)c3ccccc3n5-c3nc(-c4cccc5ccccc45)c4c(n3)oc3ccccc34)ncc2c1. The molecule has 0 fully saturated rings. The van der Waals surface area contributed by atoms with Crippen LogP contribution in [0.2, 0.25) is 0 Å². The van der Waals surface area contributed by atoms with Gasteiger partial charge in [-0.05, 0) is 47.2 Å². The molecule has 0 radical (unpaired) electrons. The minimum absolute atomic E-state index is 0.548. The molecule has 0 aliphatic heterocycles. The Morgan fingerprint density at radius 1 is 0.434 bits per heavy atom. The van der Waals surface area contributed by atoms with Crippen LogP contribution in [-0.4, -0.2) is 29.1 Å². The van der Waals surface area contributed by atoms with Crippen LogP contribution >= 0.6 is 0 Å². The van der Waals surface area contributed by atoms with Crippen molar-refractivity contribution in [3.63, 3.8) is 0 Å². The topological polar surface area (TPSA) is 74.6 Å². The van der Waals surface area contributed by atoms with Crippen molar-refractivity contribution < 1.29 is 4.42 Å². The van der Waals surface area contributed by atoms with Crippen molar-refractivity contribution in [1.29, 1.82) is 0 Å². The van der Waals surface area contributed by atoms with Gasteiger partial charge >= 0.3 is 0 Å². The van der Waals surface area contributed by atoms with Crippen LogP contribution in [-0.2, 0) is 0 Å². The summed E-state index contributed by atoms with van der Waals surface area (Å²) in [5, 5.41) is 9.56. The number of furan rings is 1. The van der Waals surface area contributed by atoms with Gasteiger partial charge in [-0.3, -0.25) is 9.13 Å². The van der Waals surface area contributed by atoms with Crippen molar-refractivity contribution in [2.45, 2.75) is 0 Å². The molecule has 0 amide bonds. The molecule has 0 saturated carbocycles. The van der Waals surface area contributed by atoms with E-state index in [0.29, 0.717) is 17.6 Å². The van der Waals surface area contributed by atoms with E-state index in [1.807, 2.05) is 48.7 Å². The van der Waals surface area contributed by atoms with Crippen LogP contribution in [0.25, 0.3) is 111 Å². The summed E-state index contributed by atoms with van der Waals surface area (Å²) >= 11 is 0. The molecule has 0 aliphatic carbocycles. The maximum atomic E-state index is 6.52. The standard InChI is InChI=1S/C46H26N6O/c1-3-15-29-27(12-1)14-11-19-32(29)43-42-33-18-6-10-23-41(33)53-44(42)50-46(49-43)52-38-22-9-5-17-31(38)35-24-39-34(25-40(35)52)30-16-4-8-21-37(30)51(39)45-47-26-28-13-2-7-20-36(28)48-45/h1-26H. The summed E-state index contributed by atoms with van der Waals surface area (Å²) in [6.45, 7) is 0. The van der Waals surface area contributed by atoms with Gasteiger partial charge in [0.1, 0.15) is 5.58 Å². The lowest BCUT2D eigenvalue weighted by Gasteiger charge is -2.11. The lowest BCUT2D eigenvalue weighted by atomic mass is 9.99. The van der Waals surface area contributed by atoms with Crippen LogP contribution in [0.4, 0.5) is 0 Å². The molecule has 12 rings (SSSR count). The molecule has 0 aliphatic rings. The van der Waals surface area contributed by atoms with E-state index in [-0.39, 0.29) is 0 Å². The second kappa shape index (κ2) is 10.6. The van der Waals surface area contributed by atoms with E-state index in [4.69, 9.17) is 24.4 Å². The molecule has 5 aromatic heterocycles. The van der Waals surface area contributed by atoms with Gasteiger partial charge in [0.05, 0.1) is 38.7 Å². The monoisotopic (exact) mass is 678 g/mol. The molecule has 0 unspecified atom stereocenters. The summed E-state index contributed by atoms with van der Waals surface area (Å²) in [5.41, 5.74) is 8.18. The molecule has 0 N–H and O–H groups in total. The van der Waals surface area contributed by atoms with Crippen LogP contribution < -0.4 is 0 Å². The third kappa shape index (κ3) is 3.98. The molecule has 7 aromatic carbocycles. The lowest BCUT2D eigenvalue weighted by molar-refractivity contribution is 0.651. The minimum Gasteiger partial charge on any atom is -0.437 e. The first-order valence-electron chi connectivity index (χ1n) is 17.6. The first kappa shape index (κ1) is 28.3. The van der Waals surface area contributed by atoms with Crippen LogP contribution in [0.15, 0.2) is 162 Å². The average molecular weight is 679 g/mol. The molecular weight excluding hydrogens is 653 g/mol. The van der Waals surface area contributed by atoms with Gasteiger partial charge in [0, 0.05) is 44.1 Å². The van der Waals surface area contributed by atoms with Crippen LogP contribution in [0.3, 0.4) is 0 Å². The Morgan fingerprint density at radius 3 is 1.81 bits per heavy atom. The van der Waals surface area contributed by atoms with E-state index in [2.05, 4.69) is 118 Å². The number of hydrogen-bond donors (Lipinski definition) is 0. The van der Waals surface area contributed by atoms with Gasteiger partial charge in [0.25, 0.3) is 0 Å². The van der Waals surface area contributed by atoms with Crippen LogP contribution in [0, 0.1) is 0 Å². The van der Waals surface area contributed by atoms with Crippen LogP contribution in [0.1, 0.15) is 0 Å². The number of para-hydroxylation sites is 4. The summed E-state index contributed by atoms with van der Waals surface area (Å²) in [5.74, 6) is 1.18. The predicted octanol–water partition coefficient (Wildman–Crippen LogP) is 11.3. The van der Waals surface area contributed by atoms with E-state index in [0.717, 1.165) is 92.9 Å². The van der Waals surface area contributed by atoms with Crippen molar-refractivity contribution in [3.8, 4) is 23.2 Å². The normalized spacial score (nSPS) is 12.2. The first-order chi connectivity index (χ1) is 26.3. The molecule has 7 nitrogen and oxygen atoms in total. The van der Waals surface area contributed by atoms with E-state index >= 15 is 0 Å². The van der Waals surface area contributed by atoms with Crippen molar-refractivity contribution in [2.75, 3.05) is 0 Å². The summed E-state index contributed by atoms with van der Waals surface area (Å²) in [6.07, 6.45) is 1.90. The Bertz CT molecular complexity index is 3480. The zero-order chi connectivity index (χ0) is 34.6. The molecular formula is C46H26N6O. The van der Waals surface area contributed by atoms with E-state index in [1.54, 1.807) is 0 Å². The van der Waals surface area contributed by atoms with E-state index in [1.165, 1.54) is 0 Å². The van der Waals surface area contributed by atoms with E-state index < -0.39 is 0 Å². The molecule has 0 saturated heterocycles. The zero-order valence-corrected chi connectivity index (χ0v) is 28.1. The molecule has 246 valence electrons. The van der Waals surface area contributed by atoms with Crippen LogP contribution in [0.5, 0.6) is 0 Å². The number of fused-ring (bicyclic) bond motifs is 11. The third-order valence-corrected chi connectivity index (χ3v) is 10.6. The fourth-order valence-corrected chi connectivity index (χ4v) is 8.27. The predicted molar refractivity (Wildman–Crippen MR) is 214 cm³/mol. The molecule has 5 heterocycles. The Kier molecular flexibility index (Phi) is 5.65. The second-order valence-corrected chi connectivity index (χ2v) is 13.5. The Morgan fingerprint density at radius 2 is 1.04 bits per heavy atom. The lowest BCUT2D eigenvalue weighted by Crippen LogP contribution is -2.03. The summed E-state index contributed by atoms with van der Waals surface area (Å²) in [7, 11) is 0. The molecule has 0 atom stereocenters. The largest absolute Gasteiger partial charge is 0.437 e. The molecule has 53 heavy (non-hydrogen) atoms. The number of aromatic nitrogens is 6. The van der Waals surface area contributed by atoms with Crippen molar-refractivity contribution in [3.05, 3.63) is 158 Å². The second-order valence-electron chi connectivity index (χ2n) is 13.5. The maximum absolute atomic E-state index is 6.52. The third-order valence-electron chi connectivity index (χ3n) is 10.6. The smallest absolute Gasteiger partial charge is 0.238 e. The van der Waals surface area contributed by atoms with Gasteiger partial charge in [-0.15, -0.1) is 0 Å². The summed E-state index contributed by atoms with van der Waals surface area (Å²) in [4.78, 5) is 20.6. The average Bonchev–Trinajstić information content (AvgIpc) is 3.86. The first-order valence-corrected chi connectivity index (χ1v) is 17.6. The number of rotatable bonds is 3. The molecule has 0 bridgehead atoms. The minimum atomic E-state index is 0.548. The van der Waals surface area contributed by atoms with E-state index in [9.17, 15) is 0 Å². The quantitative estimate of drug-likeness (QED) is 0.186. The Balaban J connectivity index is 1.20. The fourth-order valence-electron chi connectivity index (χ4n) is 8.27. The van der Waals surface area contributed by atoms with Gasteiger partial charge in [0.15, 0.2) is 0 Å². The maximum Gasteiger partial charge on any atom is 0.238 e. The Labute approximate surface area is 301 Å². The molecule has 7 heteroatoms. The number of hydrogen-bond acceptors (Lipinski definition) is 5. The Hall–Kier alpha value is -7.38. The number of nitrogens with zero attached hydrogens (tertiary/aromatic N) is 6. The molecule has 12 aromatic rings. The highest BCUT2D eigenvalue weighted by Crippen LogP contribution is 2.42. The highest BCUT2D eigenvalue weighted by molar-refractivity contribution is 6.19. The fraction of sp³-hybridized carbons (Fsp3) is 0. The zero-order valence-electron chi connectivity index (χ0n) is 28.1. The highest BCUT2D eigenvalue weighted by atomic mass is 16.3.